The molecular weight excluding hydrogens is 747 g/mol. The smallest absolute Gasteiger partial charge is 0.870 e. The Kier molecular flexibility index (Phi) is 20.4. The second-order valence-electron chi connectivity index (χ2n) is 8.18. The first kappa shape index (κ1) is 49.3. The van der Waals surface area contributed by atoms with Crippen LogP contribution in [0.3, 0.4) is 0 Å². The number of thiol groups is 1. The molecule has 1 N–H and O–H groups in total. The molecule has 0 amide bonds. The van der Waals surface area contributed by atoms with Gasteiger partial charge in [0.05, 0.1) is 11.8 Å². The van der Waals surface area contributed by atoms with Crippen LogP contribution >= 0.6 is 28.6 Å². The zero-order chi connectivity index (χ0) is 32.8. The molecule has 0 aromatic heterocycles. The van der Waals surface area contributed by atoms with E-state index in [1.165, 1.54) is 0 Å². The second-order valence-corrected chi connectivity index (χ2v) is 9.42. The van der Waals surface area contributed by atoms with E-state index in [0.717, 1.165) is 0 Å². The topological polar surface area (TPSA) is 30.0 Å². The quantitative estimate of drug-likeness (QED) is 0.106. The Bertz CT molecular complexity index is 652. The van der Waals surface area contributed by atoms with Gasteiger partial charge in [-0.2, -0.15) is 91.7 Å². The van der Waals surface area contributed by atoms with Gasteiger partial charge in [-0.15, -0.1) is 0 Å². The molecule has 0 aromatic rings. The van der Waals surface area contributed by atoms with Crippen molar-refractivity contribution in [1.29, 1.82) is 0 Å². The van der Waals surface area contributed by atoms with Gasteiger partial charge in [-0.05, 0) is 31.4 Å². The van der Waals surface area contributed by atoms with E-state index in [4.69, 9.17) is 0 Å². The van der Waals surface area contributed by atoms with Crippen molar-refractivity contribution in [1.82, 2.24) is 0 Å². The number of alkyl halides is 21. The summed E-state index contributed by atoms with van der Waals surface area (Å²) in [6.45, 7) is 0. The molecule has 1 nitrogen and oxygen atoms in total. The maximum atomic E-state index is 13.3. The molecule has 0 saturated heterocycles. The fraction of sp³-hybridized carbons (Fsp3) is 1.00. The number of rotatable bonds is 10. The van der Waals surface area contributed by atoms with Crippen molar-refractivity contribution in [2.24, 2.45) is 11.8 Å². The standard InChI is InChI=1S/C9H9BrF10.C9H10F10S.Na.H2O/c10-3-1-2-5(7(12,13)14)4-6(11,8(15,16)17)9(18,19)20;10-6(8(14,15)16,9(17,18)19)4-5(2-1-3-20)7(11,12)13;;/h5H,1-4H2;5,20H,1-4H2;;1H2/q;;+1;/p-1. The molecule has 2 atom stereocenters. The van der Waals surface area contributed by atoms with E-state index in [1.807, 2.05) is 0 Å². The maximum Gasteiger partial charge on any atom is 1.00 e. The molecule has 24 heteroatoms. The minimum atomic E-state index is -6.48. The minimum absolute atomic E-state index is 0. The number of hydrogen-bond acceptors (Lipinski definition) is 2. The monoisotopic (exact) mass is 766 g/mol. The summed E-state index contributed by atoms with van der Waals surface area (Å²) in [6, 6.07) is 0. The Hall–Kier alpha value is 0.390. The van der Waals surface area contributed by atoms with Crippen molar-refractivity contribution in [2.75, 3.05) is 11.1 Å². The summed E-state index contributed by atoms with van der Waals surface area (Å²) in [5, 5.41) is -0.0586. The first-order valence-corrected chi connectivity index (χ1v) is 12.0. The molecular formula is C18H20BrF20NaOS. The van der Waals surface area contributed by atoms with Gasteiger partial charge in [0.2, 0.25) is 0 Å². The third kappa shape index (κ3) is 14.2. The van der Waals surface area contributed by atoms with Gasteiger partial charge in [0, 0.05) is 18.2 Å². The van der Waals surface area contributed by atoms with Crippen LogP contribution in [-0.4, -0.2) is 65.0 Å². The molecule has 0 aliphatic rings. The SMILES string of the molecule is FC(F)(F)C(CCCBr)CC(F)(C(F)(F)F)C(F)(F)F.FC(F)(F)C(CCCS)CC(F)(C(F)(F)F)C(F)(F)F.[Na+].[OH-]. The summed E-state index contributed by atoms with van der Waals surface area (Å²) in [4.78, 5) is 0. The summed E-state index contributed by atoms with van der Waals surface area (Å²) in [7, 11) is 0. The van der Waals surface area contributed by atoms with Crippen LogP contribution in [0.15, 0.2) is 0 Å². The van der Waals surface area contributed by atoms with Crippen molar-refractivity contribution in [2.45, 2.75) is 86.9 Å². The molecule has 0 bridgehead atoms. The first-order chi connectivity index (χ1) is 17.3. The van der Waals surface area contributed by atoms with Gasteiger partial charge in [-0.3, -0.25) is 0 Å². The minimum Gasteiger partial charge on any atom is -0.870 e. The van der Waals surface area contributed by atoms with E-state index in [9.17, 15) is 87.8 Å². The Morgan fingerprint density at radius 2 is 0.714 bits per heavy atom. The van der Waals surface area contributed by atoms with Crippen molar-refractivity contribution < 1.29 is 123 Å². The summed E-state index contributed by atoms with van der Waals surface area (Å²) in [6.07, 6.45) is -44.9. The molecule has 0 aliphatic carbocycles. The third-order valence-corrected chi connectivity index (χ3v) is 6.05. The van der Waals surface area contributed by atoms with E-state index in [1.54, 1.807) is 0 Å². The van der Waals surface area contributed by atoms with Gasteiger partial charge in [0.1, 0.15) is 0 Å². The van der Waals surface area contributed by atoms with Crippen molar-refractivity contribution in [3.05, 3.63) is 0 Å². The van der Waals surface area contributed by atoms with Crippen LogP contribution in [0.5, 0.6) is 0 Å². The van der Waals surface area contributed by atoms with Crippen LogP contribution in [-0.2, 0) is 0 Å². The van der Waals surface area contributed by atoms with Crippen LogP contribution in [0.4, 0.5) is 87.8 Å². The molecule has 0 heterocycles. The Balaban J connectivity index is -0.000000328. The van der Waals surface area contributed by atoms with E-state index < -0.39 is 85.9 Å². The van der Waals surface area contributed by atoms with Crippen molar-refractivity contribution >= 4 is 28.6 Å². The fourth-order valence-electron chi connectivity index (χ4n) is 2.89. The van der Waals surface area contributed by atoms with Crippen LogP contribution in [0.2, 0.25) is 0 Å². The van der Waals surface area contributed by atoms with Crippen LogP contribution in [0.25, 0.3) is 0 Å². The average Bonchev–Trinajstić information content (AvgIpc) is 2.69. The van der Waals surface area contributed by atoms with Gasteiger partial charge in [0.15, 0.2) is 0 Å². The van der Waals surface area contributed by atoms with Crippen LogP contribution < -0.4 is 29.6 Å². The zero-order valence-electron chi connectivity index (χ0n) is 20.6. The molecule has 42 heavy (non-hydrogen) atoms. The van der Waals surface area contributed by atoms with E-state index in [2.05, 4.69) is 28.6 Å². The van der Waals surface area contributed by atoms with E-state index in [-0.39, 0.29) is 59.0 Å². The summed E-state index contributed by atoms with van der Waals surface area (Å²) >= 11 is 6.21. The van der Waals surface area contributed by atoms with Gasteiger partial charge in [-0.25, -0.2) is 8.78 Å². The summed E-state index contributed by atoms with van der Waals surface area (Å²) in [5.41, 5.74) is -11.8. The molecule has 252 valence electrons. The van der Waals surface area contributed by atoms with Gasteiger partial charge < -0.3 is 5.48 Å². The summed E-state index contributed by atoms with van der Waals surface area (Å²) in [5.74, 6) is -6.26. The number of halogens is 21. The molecule has 0 saturated carbocycles. The second kappa shape index (κ2) is 17.3. The molecule has 0 rings (SSSR count). The van der Waals surface area contributed by atoms with Crippen molar-refractivity contribution in [3.63, 3.8) is 0 Å². The van der Waals surface area contributed by atoms with Crippen LogP contribution in [0.1, 0.15) is 38.5 Å². The number of hydrogen-bond donors (Lipinski definition) is 1. The molecule has 0 aliphatic heterocycles. The van der Waals surface area contributed by atoms with Gasteiger partial charge in [0.25, 0.3) is 11.3 Å². The van der Waals surface area contributed by atoms with Gasteiger partial charge >= 0.3 is 66.6 Å². The summed E-state index contributed by atoms with van der Waals surface area (Å²) < 4.78 is 247. The Morgan fingerprint density at radius 3 is 0.881 bits per heavy atom. The van der Waals surface area contributed by atoms with E-state index >= 15 is 0 Å². The average molecular weight is 767 g/mol. The molecule has 0 radical (unpaired) electrons. The Labute approximate surface area is 260 Å². The van der Waals surface area contributed by atoms with Gasteiger partial charge in [-0.1, -0.05) is 15.9 Å². The molecule has 0 aromatic carbocycles. The van der Waals surface area contributed by atoms with Crippen molar-refractivity contribution in [3.8, 4) is 0 Å². The van der Waals surface area contributed by atoms with E-state index in [0.29, 0.717) is 0 Å². The first-order valence-electron chi connectivity index (χ1n) is 10.3. The third-order valence-electron chi connectivity index (χ3n) is 5.18. The fourth-order valence-corrected chi connectivity index (χ4v) is 3.39. The Morgan fingerprint density at radius 1 is 0.476 bits per heavy atom. The zero-order valence-corrected chi connectivity index (χ0v) is 25.1. The van der Waals surface area contributed by atoms with Crippen LogP contribution in [0, 0.1) is 11.8 Å². The predicted molar refractivity (Wildman–Crippen MR) is 108 cm³/mol. The molecule has 0 fully saturated rings. The molecule has 0 spiro atoms. The predicted octanol–water partition coefficient (Wildman–Crippen LogP) is 7.49. The maximum absolute atomic E-state index is 13.3. The normalized spacial score (nSPS) is 15.6. The largest absolute Gasteiger partial charge is 1.00 e. The molecule has 2 unspecified atom stereocenters.